The standard InChI is InChI=1S/C12H16O7/c1-8(2)12(16)19-7-18-11(15)6-10(14)17-5-4-9(3)13/h1,4-7H2,2-3H3. The van der Waals surface area contributed by atoms with E-state index in [9.17, 15) is 19.2 Å². The first-order valence-electron chi connectivity index (χ1n) is 5.46. The Morgan fingerprint density at radius 1 is 0.947 bits per heavy atom. The van der Waals surface area contributed by atoms with Gasteiger partial charge in [-0.15, -0.1) is 0 Å². The van der Waals surface area contributed by atoms with Crippen molar-refractivity contribution in [3.05, 3.63) is 12.2 Å². The van der Waals surface area contributed by atoms with E-state index in [0.717, 1.165) is 0 Å². The van der Waals surface area contributed by atoms with E-state index in [-0.39, 0.29) is 24.4 Å². The Kier molecular flexibility index (Phi) is 7.83. The van der Waals surface area contributed by atoms with Crippen LogP contribution in [-0.2, 0) is 33.4 Å². The number of hydrogen-bond donors (Lipinski definition) is 0. The van der Waals surface area contributed by atoms with Crippen molar-refractivity contribution in [3.63, 3.8) is 0 Å². The van der Waals surface area contributed by atoms with Crippen LogP contribution in [0.4, 0.5) is 0 Å². The molecular weight excluding hydrogens is 256 g/mol. The van der Waals surface area contributed by atoms with Crippen molar-refractivity contribution >= 4 is 23.7 Å². The molecule has 0 aromatic heterocycles. The number of ether oxygens (including phenoxy) is 3. The summed E-state index contributed by atoms with van der Waals surface area (Å²) < 4.78 is 13.6. The van der Waals surface area contributed by atoms with Gasteiger partial charge in [-0.05, 0) is 13.8 Å². The second-order valence-electron chi connectivity index (χ2n) is 3.70. The first-order chi connectivity index (χ1) is 8.82. The lowest BCUT2D eigenvalue weighted by Gasteiger charge is -2.06. The van der Waals surface area contributed by atoms with Gasteiger partial charge >= 0.3 is 17.9 Å². The molecule has 0 aliphatic rings. The second kappa shape index (κ2) is 8.84. The van der Waals surface area contributed by atoms with Gasteiger partial charge in [0.1, 0.15) is 12.2 Å². The van der Waals surface area contributed by atoms with Crippen molar-refractivity contribution in [1.29, 1.82) is 0 Å². The number of Topliss-reactive ketones (excluding diaryl/α,β-unsaturated/α-hetero) is 1. The molecule has 0 atom stereocenters. The van der Waals surface area contributed by atoms with Gasteiger partial charge in [-0.25, -0.2) is 4.79 Å². The molecule has 7 heteroatoms. The van der Waals surface area contributed by atoms with Gasteiger partial charge < -0.3 is 14.2 Å². The van der Waals surface area contributed by atoms with Crippen LogP contribution in [0.1, 0.15) is 26.7 Å². The summed E-state index contributed by atoms with van der Waals surface area (Å²) in [6.07, 6.45) is -0.514. The average Bonchev–Trinajstić information content (AvgIpc) is 2.27. The molecule has 0 rings (SSSR count). The van der Waals surface area contributed by atoms with Crippen molar-refractivity contribution in [2.45, 2.75) is 26.7 Å². The number of ketones is 1. The smallest absolute Gasteiger partial charge is 0.335 e. The van der Waals surface area contributed by atoms with E-state index in [2.05, 4.69) is 20.8 Å². The SMILES string of the molecule is C=C(C)C(=O)OCOC(=O)CC(=O)OCCC(C)=O. The van der Waals surface area contributed by atoms with E-state index in [0.29, 0.717) is 0 Å². The Morgan fingerprint density at radius 3 is 2.05 bits per heavy atom. The van der Waals surface area contributed by atoms with Crippen LogP contribution in [-0.4, -0.2) is 37.1 Å². The van der Waals surface area contributed by atoms with Crippen LogP contribution in [0.25, 0.3) is 0 Å². The Labute approximate surface area is 110 Å². The summed E-state index contributed by atoms with van der Waals surface area (Å²) in [6, 6.07) is 0. The van der Waals surface area contributed by atoms with Gasteiger partial charge in [0.15, 0.2) is 0 Å². The molecule has 0 radical (unpaired) electrons. The number of carbonyl (C=O) groups is 4. The number of carbonyl (C=O) groups excluding carboxylic acids is 4. The minimum absolute atomic E-state index is 0.0773. The second-order valence-corrected chi connectivity index (χ2v) is 3.70. The molecule has 19 heavy (non-hydrogen) atoms. The fourth-order valence-corrected chi connectivity index (χ4v) is 0.800. The molecule has 0 saturated carbocycles. The van der Waals surface area contributed by atoms with E-state index in [1.165, 1.54) is 13.8 Å². The molecule has 0 amide bonds. The zero-order valence-electron chi connectivity index (χ0n) is 10.9. The van der Waals surface area contributed by atoms with Gasteiger partial charge in [-0.3, -0.25) is 14.4 Å². The summed E-state index contributed by atoms with van der Waals surface area (Å²) in [6.45, 7) is 5.46. The fourth-order valence-electron chi connectivity index (χ4n) is 0.800. The van der Waals surface area contributed by atoms with Crippen LogP contribution in [0.3, 0.4) is 0 Å². The van der Waals surface area contributed by atoms with Crippen molar-refractivity contribution in [2.24, 2.45) is 0 Å². The summed E-state index contributed by atoms with van der Waals surface area (Å²) in [5.74, 6) is -2.52. The van der Waals surface area contributed by atoms with Gasteiger partial charge in [0.05, 0.1) is 6.61 Å². The minimum atomic E-state index is -0.887. The Morgan fingerprint density at radius 2 is 1.53 bits per heavy atom. The topological polar surface area (TPSA) is 96.0 Å². The number of hydrogen-bond acceptors (Lipinski definition) is 7. The number of esters is 3. The first kappa shape index (κ1) is 16.8. The van der Waals surface area contributed by atoms with Crippen LogP contribution < -0.4 is 0 Å². The van der Waals surface area contributed by atoms with E-state index in [1.807, 2.05) is 0 Å². The number of rotatable bonds is 8. The summed E-state index contributed by atoms with van der Waals surface area (Å²) >= 11 is 0. The Balaban J connectivity index is 3.74. The van der Waals surface area contributed by atoms with Gasteiger partial charge in [0.25, 0.3) is 0 Å². The van der Waals surface area contributed by atoms with Crippen LogP contribution in [0.15, 0.2) is 12.2 Å². The van der Waals surface area contributed by atoms with Gasteiger partial charge in [-0.2, -0.15) is 0 Å². The normalized spacial score (nSPS) is 9.37. The quantitative estimate of drug-likeness (QED) is 0.275. The van der Waals surface area contributed by atoms with Crippen LogP contribution in [0.5, 0.6) is 0 Å². The maximum Gasteiger partial charge on any atom is 0.335 e. The highest BCUT2D eigenvalue weighted by molar-refractivity contribution is 5.91. The predicted molar refractivity (Wildman–Crippen MR) is 62.7 cm³/mol. The Hall–Kier alpha value is -2.18. The lowest BCUT2D eigenvalue weighted by Crippen LogP contribution is -2.17. The molecule has 0 heterocycles. The maximum absolute atomic E-state index is 11.1. The summed E-state index contributed by atoms with van der Waals surface area (Å²) in [4.78, 5) is 43.7. The highest BCUT2D eigenvalue weighted by Gasteiger charge is 2.13. The highest BCUT2D eigenvalue weighted by atomic mass is 16.7. The lowest BCUT2D eigenvalue weighted by molar-refractivity contribution is -0.167. The van der Waals surface area contributed by atoms with E-state index in [1.54, 1.807) is 0 Å². The van der Waals surface area contributed by atoms with Crippen LogP contribution in [0, 0.1) is 0 Å². The van der Waals surface area contributed by atoms with Gasteiger partial charge in [-0.1, -0.05) is 6.58 Å². The minimum Gasteiger partial charge on any atom is -0.465 e. The van der Waals surface area contributed by atoms with Gasteiger partial charge in [0.2, 0.25) is 6.79 Å². The van der Waals surface area contributed by atoms with Gasteiger partial charge in [0, 0.05) is 12.0 Å². The molecule has 0 aliphatic carbocycles. The van der Waals surface area contributed by atoms with Crippen molar-refractivity contribution in [2.75, 3.05) is 13.4 Å². The third-order valence-corrected chi connectivity index (χ3v) is 1.76. The van der Waals surface area contributed by atoms with E-state index < -0.39 is 31.1 Å². The van der Waals surface area contributed by atoms with Crippen LogP contribution in [0.2, 0.25) is 0 Å². The third kappa shape index (κ3) is 9.51. The maximum atomic E-state index is 11.1. The highest BCUT2D eigenvalue weighted by Crippen LogP contribution is 1.96. The third-order valence-electron chi connectivity index (χ3n) is 1.76. The molecular formula is C12H16O7. The molecule has 0 N–H and O–H groups in total. The monoisotopic (exact) mass is 272 g/mol. The molecule has 0 unspecified atom stereocenters. The van der Waals surface area contributed by atoms with E-state index >= 15 is 0 Å². The first-order valence-corrected chi connectivity index (χ1v) is 5.46. The molecule has 7 nitrogen and oxygen atoms in total. The summed E-state index contributed by atoms with van der Waals surface area (Å²) in [5.41, 5.74) is 0.166. The average molecular weight is 272 g/mol. The van der Waals surface area contributed by atoms with Crippen molar-refractivity contribution in [3.8, 4) is 0 Å². The molecule has 0 aliphatic heterocycles. The van der Waals surface area contributed by atoms with Crippen molar-refractivity contribution in [1.82, 2.24) is 0 Å². The fraction of sp³-hybridized carbons (Fsp3) is 0.500. The van der Waals surface area contributed by atoms with E-state index in [4.69, 9.17) is 0 Å². The zero-order chi connectivity index (χ0) is 14.8. The molecule has 0 spiro atoms. The largest absolute Gasteiger partial charge is 0.465 e. The molecule has 0 fully saturated rings. The molecule has 0 bridgehead atoms. The Bertz CT molecular complexity index is 384. The zero-order valence-corrected chi connectivity index (χ0v) is 10.9. The van der Waals surface area contributed by atoms with Crippen LogP contribution >= 0.6 is 0 Å². The van der Waals surface area contributed by atoms with Crippen molar-refractivity contribution < 1.29 is 33.4 Å². The molecule has 0 saturated heterocycles. The summed E-state index contributed by atoms with van der Waals surface area (Å²) in [5, 5.41) is 0. The molecule has 0 aromatic carbocycles. The summed E-state index contributed by atoms with van der Waals surface area (Å²) in [7, 11) is 0. The lowest BCUT2D eigenvalue weighted by atomic mass is 10.3. The molecule has 106 valence electrons. The predicted octanol–water partition coefficient (Wildman–Crippen LogP) is 0.519. The molecule has 0 aromatic rings.